The minimum absolute atomic E-state index is 0.142. The van der Waals surface area contributed by atoms with Gasteiger partial charge in [0.15, 0.2) is 0 Å². The maximum Gasteiger partial charge on any atom is 0.126 e. The molecule has 0 amide bonds. The van der Waals surface area contributed by atoms with Crippen LogP contribution >= 0.6 is 0 Å². The van der Waals surface area contributed by atoms with E-state index in [0.29, 0.717) is 23.5 Å². The van der Waals surface area contributed by atoms with E-state index in [1.807, 2.05) is 36.4 Å². The van der Waals surface area contributed by atoms with Gasteiger partial charge in [0.1, 0.15) is 18.8 Å². The number of benzene rings is 2. The second-order valence-electron chi connectivity index (χ2n) is 10.5. The van der Waals surface area contributed by atoms with Gasteiger partial charge in [-0.05, 0) is 23.0 Å². The molecule has 2 N–H and O–H groups in total. The molecular formula is C26H36NO2+. The molecule has 4 atom stereocenters. The minimum Gasteiger partial charge on any atom is -0.385 e. The van der Waals surface area contributed by atoms with Crippen LogP contribution < -0.4 is 4.90 Å². The van der Waals surface area contributed by atoms with Crippen molar-refractivity contribution in [1.29, 1.82) is 0 Å². The van der Waals surface area contributed by atoms with E-state index in [1.165, 1.54) is 25.8 Å². The van der Waals surface area contributed by atoms with Crippen LogP contribution in [-0.4, -0.2) is 36.9 Å². The predicted octanol–water partition coefficient (Wildman–Crippen LogP) is 3.64. The Bertz CT molecular complexity index is 751. The van der Waals surface area contributed by atoms with Gasteiger partial charge in [-0.3, -0.25) is 0 Å². The minimum atomic E-state index is -0.439. The normalized spacial score (nSPS) is 29.1. The second-order valence-corrected chi connectivity index (χ2v) is 10.5. The molecule has 3 nitrogen and oxygen atoms in total. The van der Waals surface area contributed by atoms with Gasteiger partial charge >= 0.3 is 0 Å². The summed E-state index contributed by atoms with van der Waals surface area (Å²) in [4.78, 5) is 1.57. The lowest BCUT2D eigenvalue weighted by atomic mass is 9.65. The molecule has 29 heavy (non-hydrogen) atoms. The highest BCUT2D eigenvalue weighted by Crippen LogP contribution is 2.47. The van der Waals surface area contributed by atoms with E-state index in [0.717, 1.165) is 17.7 Å². The van der Waals surface area contributed by atoms with E-state index in [9.17, 15) is 5.11 Å². The van der Waals surface area contributed by atoms with Crippen molar-refractivity contribution in [2.75, 3.05) is 19.7 Å². The highest BCUT2D eigenvalue weighted by Gasteiger charge is 2.52. The first-order valence-corrected chi connectivity index (χ1v) is 11.1. The van der Waals surface area contributed by atoms with Gasteiger partial charge in [0.25, 0.3) is 0 Å². The lowest BCUT2D eigenvalue weighted by Crippen LogP contribution is -3.15. The Labute approximate surface area is 175 Å². The molecule has 0 aromatic heterocycles. The SMILES string of the molecule is CC1(C)C[C@@H]2C[C@@](C)(C[NH+]2C[C@H](O)COC(c2ccccc2)c2ccccc2)C1. The third-order valence-electron chi connectivity index (χ3n) is 6.83. The molecule has 4 rings (SSSR count). The predicted molar refractivity (Wildman–Crippen MR) is 117 cm³/mol. The zero-order valence-electron chi connectivity index (χ0n) is 18.1. The van der Waals surface area contributed by atoms with Crippen LogP contribution in [-0.2, 0) is 4.74 Å². The van der Waals surface area contributed by atoms with Crippen molar-refractivity contribution in [2.45, 2.75) is 58.3 Å². The number of hydrogen-bond donors (Lipinski definition) is 2. The molecule has 1 saturated heterocycles. The zero-order chi connectivity index (χ0) is 20.5. The number of aliphatic hydroxyl groups excluding tert-OH is 1. The van der Waals surface area contributed by atoms with Crippen molar-refractivity contribution in [3.8, 4) is 0 Å². The molecule has 1 heterocycles. The maximum atomic E-state index is 10.8. The Kier molecular flexibility index (Phi) is 5.83. The van der Waals surface area contributed by atoms with Gasteiger partial charge in [-0.15, -0.1) is 0 Å². The van der Waals surface area contributed by atoms with Gasteiger partial charge in [-0.1, -0.05) is 81.4 Å². The topological polar surface area (TPSA) is 33.9 Å². The summed E-state index contributed by atoms with van der Waals surface area (Å²) in [5.74, 6) is 0. The summed E-state index contributed by atoms with van der Waals surface area (Å²) in [5.41, 5.74) is 3.11. The fourth-order valence-electron chi connectivity index (χ4n) is 6.20. The van der Waals surface area contributed by atoms with Crippen LogP contribution in [0.15, 0.2) is 60.7 Å². The molecule has 2 aliphatic rings. The number of nitrogens with one attached hydrogen (secondary N) is 1. The average Bonchev–Trinajstić information content (AvgIpc) is 2.91. The van der Waals surface area contributed by atoms with Gasteiger partial charge in [0, 0.05) is 18.3 Å². The summed E-state index contributed by atoms with van der Waals surface area (Å²) in [6.45, 7) is 9.59. The Morgan fingerprint density at radius 3 is 2.14 bits per heavy atom. The molecule has 156 valence electrons. The van der Waals surface area contributed by atoms with Gasteiger partial charge in [0.2, 0.25) is 0 Å². The first-order valence-electron chi connectivity index (χ1n) is 11.1. The highest BCUT2D eigenvalue weighted by atomic mass is 16.5. The summed E-state index contributed by atoms with van der Waals surface area (Å²) in [5, 5.41) is 10.8. The summed E-state index contributed by atoms with van der Waals surface area (Å²) in [7, 11) is 0. The molecule has 1 aliphatic carbocycles. The second kappa shape index (κ2) is 8.22. The van der Waals surface area contributed by atoms with Crippen LogP contribution in [0.2, 0.25) is 0 Å². The third-order valence-corrected chi connectivity index (χ3v) is 6.83. The van der Waals surface area contributed by atoms with Crippen molar-refractivity contribution in [1.82, 2.24) is 0 Å². The number of likely N-dealkylation sites (tertiary alicyclic amines) is 1. The van der Waals surface area contributed by atoms with Crippen LogP contribution in [0.3, 0.4) is 0 Å². The lowest BCUT2D eigenvalue weighted by Gasteiger charge is -2.37. The molecule has 1 unspecified atom stereocenters. The zero-order valence-corrected chi connectivity index (χ0v) is 18.1. The standard InChI is InChI=1S/C26H35NO2/c1-25(2)14-22-15-26(3,18-25)19-27(22)16-23(28)17-29-24(20-10-6-4-7-11-20)21-12-8-5-9-13-21/h4-13,22-24,28H,14-19H2,1-3H3/p+1/t22-,23+,26-/m1/s1. The van der Waals surface area contributed by atoms with E-state index >= 15 is 0 Å². The van der Waals surface area contributed by atoms with Crippen molar-refractivity contribution in [2.24, 2.45) is 10.8 Å². The quantitative estimate of drug-likeness (QED) is 0.752. The Balaban J connectivity index is 1.40. The smallest absolute Gasteiger partial charge is 0.126 e. The van der Waals surface area contributed by atoms with E-state index < -0.39 is 6.10 Å². The molecule has 0 radical (unpaired) electrons. The largest absolute Gasteiger partial charge is 0.385 e. The molecule has 2 aromatic rings. The lowest BCUT2D eigenvalue weighted by molar-refractivity contribution is -0.917. The third kappa shape index (κ3) is 4.91. The number of rotatable bonds is 7. The Morgan fingerprint density at radius 2 is 1.55 bits per heavy atom. The maximum absolute atomic E-state index is 10.8. The number of ether oxygens (including phenoxy) is 1. The number of quaternary nitrogens is 1. The van der Waals surface area contributed by atoms with E-state index in [1.54, 1.807) is 4.90 Å². The number of hydrogen-bond acceptors (Lipinski definition) is 2. The fraction of sp³-hybridized carbons (Fsp3) is 0.538. The molecule has 2 fully saturated rings. The molecular weight excluding hydrogens is 358 g/mol. The van der Waals surface area contributed by atoms with Gasteiger partial charge in [-0.25, -0.2) is 0 Å². The summed E-state index contributed by atoms with van der Waals surface area (Å²) < 4.78 is 6.30. The first kappa shape index (κ1) is 20.6. The average molecular weight is 395 g/mol. The summed E-state index contributed by atoms with van der Waals surface area (Å²) >= 11 is 0. The summed E-state index contributed by atoms with van der Waals surface area (Å²) in [6.07, 6.45) is 3.29. The van der Waals surface area contributed by atoms with Crippen LogP contribution in [0, 0.1) is 10.8 Å². The van der Waals surface area contributed by atoms with Crippen LogP contribution in [0.1, 0.15) is 57.3 Å². The molecule has 1 aliphatic heterocycles. The molecule has 3 heteroatoms. The molecule has 2 aromatic carbocycles. The van der Waals surface area contributed by atoms with Crippen LogP contribution in [0.4, 0.5) is 0 Å². The van der Waals surface area contributed by atoms with Crippen molar-refractivity contribution >= 4 is 0 Å². The Hall–Kier alpha value is -1.68. The van der Waals surface area contributed by atoms with E-state index in [-0.39, 0.29) is 6.10 Å². The summed E-state index contributed by atoms with van der Waals surface area (Å²) in [6, 6.07) is 21.3. The fourth-order valence-corrected chi connectivity index (χ4v) is 6.20. The van der Waals surface area contributed by atoms with Gasteiger partial charge < -0.3 is 14.7 Å². The van der Waals surface area contributed by atoms with E-state index in [2.05, 4.69) is 45.0 Å². The van der Waals surface area contributed by atoms with Crippen molar-refractivity contribution < 1.29 is 14.7 Å². The number of aliphatic hydroxyl groups is 1. The van der Waals surface area contributed by atoms with Crippen LogP contribution in [0.25, 0.3) is 0 Å². The molecule has 2 bridgehead atoms. The highest BCUT2D eigenvalue weighted by molar-refractivity contribution is 5.29. The number of fused-ring (bicyclic) bond motifs is 2. The van der Waals surface area contributed by atoms with Crippen molar-refractivity contribution in [3.63, 3.8) is 0 Å². The molecule has 0 spiro atoms. The van der Waals surface area contributed by atoms with Crippen LogP contribution in [0.5, 0.6) is 0 Å². The van der Waals surface area contributed by atoms with Gasteiger partial charge in [-0.2, -0.15) is 0 Å². The molecule has 1 saturated carbocycles. The van der Waals surface area contributed by atoms with Gasteiger partial charge in [0.05, 0.1) is 19.2 Å². The monoisotopic (exact) mass is 394 g/mol. The first-order chi connectivity index (χ1) is 13.8. The van der Waals surface area contributed by atoms with E-state index in [4.69, 9.17) is 4.74 Å². The van der Waals surface area contributed by atoms with Crippen molar-refractivity contribution in [3.05, 3.63) is 71.8 Å². The Morgan fingerprint density at radius 1 is 0.966 bits per heavy atom.